The summed E-state index contributed by atoms with van der Waals surface area (Å²) in [4.78, 5) is 6.00. The fourth-order valence-corrected chi connectivity index (χ4v) is 2.15. The minimum atomic E-state index is -0.293. The Morgan fingerprint density at radius 1 is 1.60 bits per heavy atom. The molecule has 0 unspecified atom stereocenters. The number of hydrogen-bond acceptors (Lipinski definition) is 3. The molecule has 1 aromatic heterocycles. The van der Waals surface area contributed by atoms with Crippen molar-refractivity contribution in [2.75, 3.05) is 18.0 Å². The Labute approximate surface area is 96.6 Å². The fourth-order valence-electron chi connectivity index (χ4n) is 1.84. The molecule has 0 amide bonds. The second-order valence-electron chi connectivity index (χ2n) is 3.81. The molecule has 1 fully saturated rings. The Hall–Kier alpha value is -0.680. The van der Waals surface area contributed by atoms with Crippen LogP contribution in [0.15, 0.2) is 16.7 Å². The predicted octanol–water partition coefficient (Wildman–Crippen LogP) is 1.91. The molecular formula is C10H13BrFN3. The van der Waals surface area contributed by atoms with Crippen LogP contribution in [-0.4, -0.2) is 24.1 Å². The van der Waals surface area contributed by atoms with Crippen LogP contribution in [0.4, 0.5) is 10.2 Å². The molecule has 0 radical (unpaired) electrons. The molecule has 1 aromatic rings. The second-order valence-corrected chi connectivity index (χ2v) is 4.72. The molecule has 1 aliphatic rings. The van der Waals surface area contributed by atoms with Crippen LogP contribution in [0.5, 0.6) is 0 Å². The summed E-state index contributed by atoms with van der Waals surface area (Å²) in [6.45, 7) is 1.52. The van der Waals surface area contributed by atoms with Crippen molar-refractivity contribution in [1.29, 1.82) is 0 Å². The van der Waals surface area contributed by atoms with Crippen LogP contribution in [0.25, 0.3) is 0 Å². The first kappa shape index (κ1) is 10.8. The number of nitrogens with two attached hydrogens (primary N) is 1. The zero-order chi connectivity index (χ0) is 10.8. The lowest BCUT2D eigenvalue weighted by molar-refractivity contribution is 0.493. The van der Waals surface area contributed by atoms with E-state index in [2.05, 4.69) is 20.9 Å². The molecule has 5 heteroatoms. The van der Waals surface area contributed by atoms with E-state index in [4.69, 9.17) is 5.73 Å². The van der Waals surface area contributed by atoms with Gasteiger partial charge in [0.2, 0.25) is 0 Å². The van der Waals surface area contributed by atoms with E-state index in [1.54, 1.807) is 6.20 Å². The van der Waals surface area contributed by atoms with Gasteiger partial charge in [-0.05, 0) is 34.8 Å². The third-order valence-electron chi connectivity index (χ3n) is 2.55. The number of hydrogen-bond donors (Lipinski definition) is 1. The van der Waals surface area contributed by atoms with E-state index in [0.717, 1.165) is 19.4 Å². The first-order valence-electron chi connectivity index (χ1n) is 4.98. The highest BCUT2D eigenvalue weighted by atomic mass is 79.9. The minimum absolute atomic E-state index is 0.128. The molecular weight excluding hydrogens is 261 g/mol. The predicted molar refractivity (Wildman–Crippen MR) is 61.3 cm³/mol. The molecule has 15 heavy (non-hydrogen) atoms. The highest BCUT2D eigenvalue weighted by Crippen LogP contribution is 2.22. The number of anilines is 1. The largest absolute Gasteiger partial charge is 0.353 e. The van der Waals surface area contributed by atoms with E-state index in [-0.39, 0.29) is 11.9 Å². The Morgan fingerprint density at radius 3 is 3.07 bits per heavy atom. The summed E-state index contributed by atoms with van der Waals surface area (Å²) in [5.41, 5.74) is 5.84. The molecule has 0 aliphatic carbocycles. The molecule has 3 nitrogen and oxygen atoms in total. The first-order valence-corrected chi connectivity index (χ1v) is 5.77. The van der Waals surface area contributed by atoms with Gasteiger partial charge in [0.15, 0.2) is 11.6 Å². The summed E-state index contributed by atoms with van der Waals surface area (Å²) < 4.78 is 14.2. The maximum absolute atomic E-state index is 13.6. The number of halogens is 2. The summed E-state index contributed by atoms with van der Waals surface area (Å²) in [5, 5.41) is 0. The van der Waals surface area contributed by atoms with Crippen molar-refractivity contribution in [2.24, 2.45) is 5.73 Å². The summed E-state index contributed by atoms with van der Waals surface area (Å²) in [6.07, 6.45) is 3.62. The molecule has 2 rings (SSSR count). The molecule has 0 saturated carbocycles. The Bertz CT molecular complexity index is 359. The van der Waals surface area contributed by atoms with Gasteiger partial charge in [-0.3, -0.25) is 0 Å². The third-order valence-corrected chi connectivity index (χ3v) is 2.98. The molecule has 1 atom stereocenters. The van der Waals surface area contributed by atoms with Gasteiger partial charge in [-0.25, -0.2) is 9.37 Å². The standard InChI is InChI=1S/C10H13BrFN3/c11-7-4-9(12)10(14-5-7)15-3-1-2-8(13)6-15/h4-5,8H,1-3,6,13H2/t8-/m1/s1. The van der Waals surface area contributed by atoms with Gasteiger partial charge < -0.3 is 10.6 Å². The third kappa shape index (κ3) is 2.46. The van der Waals surface area contributed by atoms with Gasteiger partial charge in [-0.15, -0.1) is 0 Å². The van der Waals surface area contributed by atoms with Gasteiger partial charge in [-0.2, -0.15) is 0 Å². The number of nitrogens with zero attached hydrogens (tertiary/aromatic N) is 2. The number of rotatable bonds is 1. The van der Waals surface area contributed by atoms with E-state index in [0.29, 0.717) is 16.8 Å². The van der Waals surface area contributed by atoms with E-state index in [1.807, 2.05) is 4.90 Å². The van der Waals surface area contributed by atoms with Gasteiger partial charge in [-0.1, -0.05) is 0 Å². The average molecular weight is 274 g/mol. The normalized spacial score (nSPS) is 21.8. The quantitative estimate of drug-likeness (QED) is 0.850. The number of aromatic nitrogens is 1. The molecule has 0 spiro atoms. The van der Waals surface area contributed by atoms with Crippen molar-refractivity contribution in [2.45, 2.75) is 18.9 Å². The molecule has 1 aliphatic heterocycles. The van der Waals surface area contributed by atoms with Crippen molar-refractivity contribution in [3.8, 4) is 0 Å². The summed E-state index contributed by atoms with van der Waals surface area (Å²) in [6, 6.07) is 1.56. The zero-order valence-electron chi connectivity index (χ0n) is 8.29. The van der Waals surface area contributed by atoms with Crippen LogP contribution < -0.4 is 10.6 Å². The van der Waals surface area contributed by atoms with Gasteiger partial charge in [0.1, 0.15) is 0 Å². The fraction of sp³-hybridized carbons (Fsp3) is 0.500. The first-order chi connectivity index (χ1) is 7.16. The van der Waals surface area contributed by atoms with Crippen molar-refractivity contribution >= 4 is 21.7 Å². The van der Waals surface area contributed by atoms with Crippen LogP contribution in [0, 0.1) is 5.82 Å². The smallest absolute Gasteiger partial charge is 0.166 e. The minimum Gasteiger partial charge on any atom is -0.353 e. The lowest BCUT2D eigenvalue weighted by atomic mass is 10.1. The molecule has 2 N–H and O–H groups in total. The molecule has 82 valence electrons. The Morgan fingerprint density at radius 2 is 2.40 bits per heavy atom. The number of pyridine rings is 1. The Kier molecular flexibility index (Phi) is 3.21. The van der Waals surface area contributed by atoms with E-state index < -0.39 is 0 Å². The lowest BCUT2D eigenvalue weighted by Crippen LogP contribution is -2.43. The van der Waals surface area contributed by atoms with Crippen LogP contribution in [-0.2, 0) is 0 Å². The summed E-state index contributed by atoms with van der Waals surface area (Å²) >= 11 is 3.19. The van der Waals surface area contributed by atoms with Gasteiger partial charge >= 0.3 is 0 Å². The van der Waals surface area contributed by atoms with E-state index in [1.165, 1.54) is 6.07 Å². The zero-order valence-corrected chi connectivity index (χ0v) is 9.87. The lowest BCUT2D eigenvalue weighted by Gasteiger charge is -2.31. The van der Waals surface area contributed by atoms with Crippen molar-refractivity contribution < 1.29 is 4.39 Å². The SMILES string of the molecule is N[C@@H]1CCCN(c2ncc(Br)cc2F)C1. The van der Waals surface area contributed by atoms with Crippen molar-refractivity contribution in [1.82, 2.24) is 4.98 Å². The molecule has 0 aromatic carbocycles. The van der Waals surface area contributed by atoms with Gasteiger partial charge in [0.05, 0.1) is 0 Å². The molecule has 0 bridgehead atoms. The highest BCUT2D eigenvalue weighted by molar-refractivity contribution is 9.10. The molecule has 1 saturated heterocycles. The summed E-state index contributed by atoms with van der Waals surface area (Å²) in [5.74, 6) is 0.117. The van der Waals surface area contributed by atoms with Crippen LogP contribution in [0.3, 0.4) is 0 Å². The average Bonchev–Trinajstić information content (AvgIpc) is 2.17. The van der Waals surface area contributed by atoms with Crippen molar-refractivity contribution in [3.05, 3.63) is 22.6 Å². The van der Waals surface area contributed by atoms with Crippen LogP contribution in [0.2, 0.25) is 0 Å². The van der Waals surface area contributed by atoms with Crippen LogP contribution in [0.1, 0.15) is 12.8 Å². The van der Waals surface area contributed by atoms with Crippen molar-refractivity contribution in [3.63, 3.8) is 0 Å². The maximum atomic E-state index is 13.6. The maximum Gasteiger partial charge on any atom is 0.166 e. The summed E-state index contributed by atoms with van der Waals surface area (Å²) in [7, 11) is 0. The topological polar surface area (TPSA) is 42.1 Å². The van der Waals surface area contributed by atoms with Crippen LogP contribution >= 0.6 is 15.9 Å². The monoisotopic (exact) mass is 273 g/mol. The van der Waals surface area contributed by atoms with Gasteiger partial charge in [0, 0.05) is 29.8 Å². The van der Waals surface area contributed by atoms with Gasteiger partial charge in [0.25, 0.3) is 0 Å². The molecule has 2 heterocycles. The second kappa shape index (κ2) is 4.45. The number of piperidine rings is 1. The van der Waals surface area contributed by atoms with E-state index in [9.17, 15) is 4.39 Å². The Balaban J connectivity index is 2.21. The highest BCUT2D eigenvalue weighted by Gasteiger charge is 2.20. The van der Waals surface area contributed by atoms with E-state index >= 15 is 0 Å².